The zero-order valence-corrected chi connectivity index (χ0v) is 26.7. The van der Waals surface area contributed by atoms with Gasteiger partial charge in [-0.05, 0) is 26.8 Å². The predicted molar refractivity (Wildman–Crippen MR) is 159 cm³/mol. The molecule has 16 heteroatoms. The number of carbonyl (C=O) groups is 3. The molecule has 4 aliphatic rings. The summed E-state index contributed by atoms with van der Waals surface area (Å²) in [4.78, 5) is 40.1. The topological polar surface area (TPSA) is 219 Å². The number of aliphatic hydroxyl groups is 4. The van der Waals surface area contributed by atoms with Gasteiger partial charge in [-0.2, -0.15) is 0 Å². The van der Waals surface area contributed by atoms with Gasteiger partial charge < -0.3 is 54.3 Å². The summed E-state index contributed by atoms with van der Waals surface area (Å²) in [6.07, 6.45) is -20.8. The molecular weight excluding hydrogens is 658 g/mol. The van der Waals surface area contributed by atoms with Crippen molar-refractivity contribution in [3.63, 3.8) is 0 Å². The molecule has 2 fully saturated rings. The second-order valence-electron chi connectivity index (χ2n) is 12.9. The third-order valence-corrected chi connectivity index (χ3v) is 9.82. The molecule has 2 saturated heterocycles. The van der Waals surface area contributed by atoms with Crippen LogP contribution in [-0.4, -0.2) is 122 Å². The average Bonchev–Trinajstić information content (AvgIpc) is 3.06. The van der Waals surface area contributed by atoms with Gasteiger partial charge in [0.25, 0.3) is 0 Å². The van der Waals surface area contributed by atoms with Crippen molar-refractivity contribution in [2.75, 3.05) is 7.11 Å². The Balaban J connectivity index is 1.35. The summed E-state index contributed by atoms with van der Waals surface area (Å²) in [5.41, 5.74) is -4.36. The molecule has 0 bridgehead atoms. The number of fused-ring (bicyclic) bond motifs is 3. The van der Waals surface area contributed by atoms with Crippen LogP contribution in [0.2, 0.25) is 0 Å². The van der Waals surface area contributed by atoms with Crippen molar-refractivity contribution in [2.24, 2.45) is 0 Å². The van der Waals surface area contributed by atoms with Gasteiger partial charge in [0.15, 0.2) is 36.5 Å². The van der Waals surface area contributed by atoms with Crippen molar-refractivity contribution in [3.05, 3.63) is 51.6 Å². The molecule has 2 aliphatic heterocycles. The van der Waals surface area contributed by atoms with Crippen LogP contribution in [0.3, 0.4) is 0 Å². The number of ether oxygens (including phenoxy) is 5. The Morgan fingerprint density at radius 2 is 1.49 bits per heavy atom. The Kier molecular flexibility index (Phi) is 9.07. The van der Waals surface area contributed by atoms with Gasteiger partial charge in [0.05, 0.1) is 42.1 Å². The highest BCUT2D eigenvalue weighted by Crippen LogP contribution is 2.52. The van der Waals surface area contributed by atoms with E-state index < -0.39 is 126 Å². The molecule has 2 aromatic carbocycles. The molecule has 266 valence electrons. The molecule has 2 aromatic rings. The highest BCUT2D eigenvalue weighted by molar-refractivity contribution is 6.31. The molecule has 6 N–H and O–H groups in total. The first-order valence-electron chi connectivity index (χ1n) is 15.6. The Morgan fingerprint density at radius 1 is 0.878 bits per heavy atom. The van der Waals surface area contributed by atoms with Crippen LogP contribution < -0.4 is 4.74 Å². The molecular formula is C33H36F2O14. The number of Topliss-reactive ketones (excluding diaryl/α,β-unsaturated/α-hetero) is 1. The number of phenolic OH excluding ortho intramolecular Hbond substituents is 2. The number of benzene rings is 2. The quantitative estimate of drug-likeness (QED) is 0.197. The number of methoxy groups -OCH3 is 1. The van der Waals surface area contributed by atoms with Crippen LogP contribution in [0.4, 0.5) is 8.78 Å². The van der Waals surface area contributed by atoms with Gasteiger partial charge in [-0.25, -0.2) is 8.78 Å². The fourth-order valence-electron chi connectivity index (χ4n) is 7.00. The highest BCUT2D eigenvalue weighted by Gasteiger charge is 2.53. The van der Waals surface area contributed by atoms with E-state index in [1.807, 2.05) is 0 Å². The first-order valence-corrected chi connectivity index (χ1v) is 15.6. The van der Waals surface area contributed by atoms with Crippen molar-refractivity contribution in [1.82, 2.24) is 0 Å². The van der Waals surface area contributed by atoms with Crippen molar-refractivity contribution in [2.45, 2.75) is 107 Å². The van der Waals surface area contributed by atoms with Crippen LogP contribution in [0.15, 0.2) is 18.2 Å². The molecule has 0 spiro atoms. The zero-order valence-electron chi connectivity index (χ0n) is 26.7. The monoisotopic (exact) mass is 694 g/mol. The summed E-state index contributed by atoms with van der Waals surface area (Å²) >= 11 is 0. The van der Waals surface area contributed by atoms with Gasteiger partial charge in [0, 0.05) is 29.5 Å². The molecule has 49 heavy (non-hydrogen) atoms. The maximum absolute atomic E-state index is 15.9. The average molecular weight is 695 g/mol. The number of aromatic hydroxyl groups is 2. The molecule has 0 unspecified atom stereocenters. The Hall–Kier alpha value is -3.61. The minimum Gasteiger partial charge on any atom is -0.507 e. The summed E-state index contributed by atoms with van der Waals surface area (Å²) < 4.78 is 58.2. The Labute approximate surface area is 277 Å². The summed E-state index contributed by atoms with van der Waals surface area (Å²) in [6.45, 7) is 3.73. The molecule has 0 aromatic heterocycles. The molecule has 14 nitrogen and oxygen atoms in total. The number of hydrogen-bond donors (Lipinski definition) is 6. The van der Waals surface area contributed by atoms with E-state index in [0.29, 0.717) is 0 Å². The molecule has 0 amide bonds. The summed E-state index contributed by atoms with van der Waals surface area (Å²) in [7, 11) is 1.27. The van der Waals surface area contributed by atoms with Crippen molar-refractivity contribution in [3.8, 4) is 17.2 Å². The molecule has 6 rings (SSSR count). The lowest BCUT2D eigenvalue weighted by molar-refractivity contribution is -0.345. The number of hydrogen-bond acceptors (Lipinski definition) is 14. The molecule has 0 saturated carbocycles. The van der Waals surface area contributed by atoms with E-state index in [-0.39, 0.29) is 28.0 Å². The van der Waals surface area contributed by atoms with E-state index in [2.05, 4.69) is 0 Å². The van der Waals surface area contributed by atoms with E-state index in [1.54, 1.807) is 0 Å². The van der Waals surface area contributed by atoms with Crippen molar-refractivity contribution >= 4 is 17.3 Å². The van der Waals surface area contributed by atoms with E-state index in [1.165, 1.54) is 39.2 Å². The Morgan fingerprint density at radius 3 is 2.14 bits per heavy atom. The maximum Gasteiger partial charge on any atom is 0.202 e. The largest absolute Gasteiger partial charge is 0.507 e. The molecule has 2 heterocycles. The number of alkyl halides is 2. The van der Waals surface area contributed by atoms with E-state index >= 15 is 4.39 Å². The van der Waals surface area contributed by atoms with Crippen LogP contribution in [-0.2, 0) is 30.2 Å². The fourth-order valence-corrected chi connectivity index (χ4v) is 7.00. The van der Waals surface area contributed by atoms with Crippen molar-refractivity contribution < 1.29 is 77.5 Å². The van der Waals surface area contributed by atoms with Gasteiger partial charge in [0.1, 0.15) is 47.3 Å². The van der Waals surface area contributed by atoms with Crippen LogP contribution in [0.5, 0.6) is 17.2 Å². The first-order chi connectivity index (χ1) is 23.0. The maximum atomic E-state index is 15.9. The van der Waals surface area contributed by atoms with Crippen LogP contribution in [0.1, 0.15) is 76.3 Å². The van der Waals surface area contributed by atoms with Gasteiger partial charge in [-0.3, -0.25) is 14.4 Å². The fraction of sp³-hybridized carbons (Fsp3) is 0.545. The SMILES string of the molecule is COc1cccc2c1C(=O)c1c(O)c3c(c(O)c1C2=O)C[C@@](O)(C(C)=O)C[C@@H]3O[C@@H]1O[C@@H](C)[C@@H](O[C@@H]2O[C@@H](C)[C@@H](O)[C@@H](O)[C@H]2F)[C@@H](O)[C@H]1F. The zero-order chi connectivity index (χ0) is 35.9. The minimum atomic E-state index is -2.45. The van der Waals surface area contributed by atoms with E-state index in [9.17, 15) is 49.4 Å². The van der Waals surface area contributed by atoms with Crippen molar-refractivity contribution in [1.29, 1.82) is 0 Å². The third-order valence-electron chi connectivity index (χ3n) is 9.82. The minimum absolute atomic E-state index is 0.0188. The van der Waals surface area contributed by atoms with Gasteiger partial charge >= 0.3 is 0 Å². The predicted octanol–water partition coefficient (Wildman–Crippen LogP) is 0.839. The van der Waals surface area contributed by atoms with Gasteiger partial charge in [0.2, 0.25) is 5.78 Å². The van der Waals surface area contributed by atoms with Crippen LogP contribution >= 0.6 is 0 Å². The number of carbonyl (C=O) groups excluding carboxylic acids is 3. The standard InChI is InChI=1S/C33H36F2O14/c1-10-23(37)28(42)21(34)32(46-10)49-30-11(2)47-31(22(35)29(30)43)48-16-9-33(44,12(3)36)8-14-18(16)27(41)20-19(25(14)39)24(38)13-6-5-7-15(45-4)17(13)26(20)40/h5-7,10-11,16,21-23,28-32,37,39,41-44H,8-9H2,1-4H3/t10-,11-,16-,21+,22+,23+,28-,29-,30+,31-,32-,33-/m0/s1. The lowest BCUT2D eigenvalue weighted by atomic mass is 9.72. The van der Waals surface area contributed by atoms with E-state index in [4.69, 9.17) is 23.7 Å². The molecule has 2 aliphatic carbocycles. The highest BCUT2D eigenvalue weighted by atomic mass is 19.1. The van der Waals surface area contributed by atoms with Crippen LogP contribution in [0, 0.1) is 0 Å². The second kappa shape index (κ2) is 12.6. The van der Waals surface area contributed by atoms with Gasteiger partial charge in [-0.1, -0.05) is 12.1 Å². The second-order valence-corrected chi connectivity index (χ2v) is 12.9. The first kappa shape index (κ1) is 35.2. The lowest BCUT2D eigenvalue weighted by Gasteiger charge is -2.45. The molecule has 0 radical (unpaired) electrons. The Bertz CT molecular complexity index is 1700. The number of phenols is 2. The van der Waals surface area contributed by atoms with Crippen LogP contribution in [0.25, 0.3) is 0 Å². The van der Waals surface area contributed by atoms with Gasteiger partial charge in [-0.15, -0.1) is 0 Å². The summed E-state index contributed by atoms with van der Waals surface area (Å²) in [6, 6.07) is 4.21. The normalized spacial score (nSPS) is 37.2. The smallest absolute Gasteiger partial charge is 0.202 e. The summed E-state index contributed by atoms with van der Waals surface area (Å²) in [5, 5.41) is 65.2. The molecule has 12 atom stereocenters. The third kappa shape index (κ3) is 5.50. The number of rotatable bonds is 6. The summed E-state index contributed by atoms with van der Waals surface area (Å²) in [5.74, 6) is -4.13. The number of halogens is 2. The number of aliphatic hydroxyl groups excluding tert-OH is 3. The van der Waals surface area contributed by atoms with E-state index in [0.717, 1.165) is 6.92 Å². The lowest BCUT2D eigenvalue weighted by Crippen LogP contribution is -2.61. The number of ketones is 3.